The number of rotatable bonds is 4. The van der Waals surface area contributed by atoms with E-state index in [1.54, 1.807) is 0 Å². The van der Waals surface area contributed by atoms with Crippen molar-refractivity contribution in [2.75, 3.05) is 13.1 Å². The lowest BCUT2D eigenvalue weighted by molar-refractivity contribution is 0.294. The molecule has 2 aliphatic rings. The summed E-state index contributed by atoms with van der Waals surface area (Å²) in [6, 6.07) is 0. The van der Waals surface area contributed by atoms with Crippen LogP contribution in [-0.2, 0) is 0 Å². The molecule has 2 saturated carbocycles. The van der Waals surface area contributed by atoms with Crippen molar-refractivity contribution in [3.63, 3.8) is 0 Å². The first-order valence-electron chi connectivity index (χ1n) is 5.69. The summed E-state index contributed by atoms with van der Waals surface area (Å²) in [7, 11) is 0. The third-order valence-corrected chi connectivity index (χ3v) is 3.96. The zero-order chi connectivity index (χ0) is 9.10. The van der Waals surface area contributed by atoms with Gasteiger partial charge in [-0.1, -0.05) is 6.42 Å². The summed E-state index contributed by atoms with van der Waals surface area (Å²) in [5.74, 6) is 1.86. The van der Waals surface area contributed by atoms with Crippen molar-refractivity contribution in [3.05, 3.63) is 0 Å². The summed E-state index contributed by atoms with van der Waals surface area (Å²) in [4.78, 5) is 0. The molecule has 2 heteroatoms. The standard InChI is InChI=1S/C11H20ClN/c12-11-5-4-10(6-11)8-13-7-9-2-1-3-9/h9-11,13H,1-8H2. The number of hydrogen-bond donors (Lipinski definition) is 1. The normalized spacial score (nSPS) is 34.8. The van der Waals surface area contributed by atoms with Gasteiger partial charge < -0.3 is 5.32 Å². The van der Waals surface area contributed by atoms with Crippen LogP contribution in [0.4, 0.5) is 0 Å². The van der Waals surface area contributed by atoms with Gasteiger partial charge in [0.2, 0.25) is 0 Å². The summed E-state index contributed by atoms with van der Waals surface area (Å²) < 4.78 is 0. The molecule has 0 saturated heterocycles. The second kappa shape index (κ2) is 4.65. The van der Waals surface area contributed by atoms with E-state index in [4.69, 9.17) is 11.6 Å². The van der Waals surface area contributed by atoms with E-state index >= 15 is 0 Å². The van der Waals surface area contributed by atoms with E-state index < -0.39 is 0 Å². The molecule has 13 heavy (non-hydrogen) atoms. The summed E-state index contributed by atoms with van der Waals surface area (Å²) in [6.07, 6.45) is 8.17. The maximum Gasteiger partial charge on any atom is 0.0339 e. The predicted molar refractivity (Wildman–Crippen MR) is 57.2 cm³/mol. The highest BCUT2D eigenvalue weighted by Gasteiger charge is 2.23. The van der Waals surface area contributed by atoms with E-state index in [1.165, 1.54) is 51.6 Å². The van der Waals surface area contributed by atoms with Gasteiger partial charge in [-0.2, -0.15) is 0 Å². The maximum absolute atomic E-state index is 6.06. The zero-order valence-corrected chi connectivity index (χ0v) is 9.02. The number of halogens is 1. The minimum Gasteiger partial charge on any atom is -0.316 e. The SMILES string of the molecule is ClC1CCC(CNCC2CCC2)C1. The molecule has 1 nitrogen and oxygen atoms in total. The van der Waals surface area contributed by atoms with Crippen LogP contribution in [0.3, 0.4) is 0 Å². The molecule has 2 fully saturated rings. The molecule has 2 aliphatic carbocycles. The van der Waals surface area contributed by atoms with Crippen LogP contribution in [0.5, 0.6) is 0 Å². The molecule has 0 aromatic heterocycles. The molecule has 0 bridgehead atoms. The van der Waals surface area contributed by atoms with Crippen LogP contribution in [-0.4, -0.2) is 18.5 Å². The van der Waals surface area contributed by atoms with Crippen LogP contribution in [0.1, 0.15) is 38.5 Å². The Balaban J connectivity index is 1.52. The minimum absolute atomic E-state index is 0.468. The molecule has 2 rings (SSSR count). The van der Waals surface area contributed by atoms with Crippen molar-refractivity contribution in [1.82, 2.24) is 5.32 Å². The molecule has 0 aromatic rings. The fourth-order valence-electron chi connectivity index (χ4n) is 2.39. The first kappa shape index (κ1) is 9.79. The molecule has 0 aliphatic heterocycles. The van der Waals surface area contributed by atoms with E-state index in [-0.39, 0.29) is 0 Å². The molecule has 0 spiro atoms. The molecule has 2 atom stereocenters. The molecule has 0 amide bonds. The van der Waals surface area contributed by atoms with Gasteiger partial charge in [-0.05, 0) is 57.0 Å². The largest absolute Gasteiger partial charge is 0.316 e. The Kier molecular flexibility index (Phi) is 3.51. The average Bonchev–Trinajstić information content (AvgIpc) is 2.42. The Bertz CT molecular complexity index is 156. The van der Waals surface area contributed by atoms with Gasteiger partial charge in [0.05, 0.1) is 0 Å². The maximum atomic E-state index is 6.06. The fraction of sp³-hybridized carbons (Fsp3) is 1.00. The van der Waals surface area contributed by atoms with Gasteiger partial charge in [-0.15, -0.1) is 11.6 Å². The van der Waals surface area contributed by atoms with Crippen molar-refractivity contribution >= 4 is 11.6 Å². The van der Waals surface area contributed by atoms with Gasteiger partial charge in [0.15, 0.2) is 0 Å². The topological polar surface area (TPSA) is 12.0 Å². The Morgan fingerprint density at radius 3 is 2.31 bits per heavy atom. The molecule has 2 unspecified atom stereocenters. The smallest absolute Gasteiger partial charge is 0.0339 e. The highest BCUT2D eigenvalue weighted by molar-refractivity contribution is 6.20. The van der Waals surface area contributed by atoms with Crippen molar-refractivity contribution in [1.29, 1.82) is 0 Å². The van der Waals surface area contributed by atoms with E-state index in [9.17, 15) is 0 Å². The quantitative estimate of drug-likeness (QED) is 0.690. The second-order valence-corrected chi connectivity index (χ2v) is 5.35. The highest BCUT2D eigenvalue weighted by atomic mass is 35.5. The van der Waals surface area contributed by atoms with Gasteiger partial charge in [0, 0.05) is 5.38 Å². The summed E-state index contributed by atoms with van der Waals surface area (Å²) in [6.45, 7) is 2.46. The van der Waals surface area contributed by atoms with Crippen molar-refractivity contribution in [3.8, 4) is 0 Å². The van der Waals surface area contributed by atoms with Crippen LogP contribution < -0.4 is 5.32 Å². The Hall–Kier alpha value is 0.250. The number of alkyl halides is 1. The van der Waals surface area contributed by atoms with Gasteiger partial charge >= 0.3 is 0 Å². The van der Waals surface area contributed by atoms with Crippen LogP contribution in [0.2, 0.25) is 0 Å². The van der Waals surface area contributed by atoms with E-state index in [0.29, 0.717) is 5.38 Å². The summed E-state index contributed by atoms with van der Waals surface area (Å²) in [5, 5.41) is 4.06. The summed E-state index contributed by atoms with van der Waals surface area (Å²) >= 11 is 6.06. The molecule has 0 aromatic carbocycles. The number of nitrogens with one attached hydrogen (secondary N) is 1. The minimum atomic E-state index is 0.468. The zero-order valence-electron chi connectivity index (χ0n) is 8.27. The second-order valence-electron chi connectivity index (χ2n) is 4.73. The molecular formula is C11H20ClN. The van der Waals surface area contributed by atoms with E-state index in [1.807, 2.05) is 0 Å². The Morgan fingerprint density at radius 1 is 1.00 bits per heavy atom. The molecule has 0 radical (unpaired) electrons. The monoisotopic (exact) mass is 201 g/mol. The average molecular weight is 202 g/mol. The van der Waals surface area contributed by atoms with Crippen molar-refractivity contribution in [2.24, 2.45) is 11.8 Å². The fourth-order valence-corrected chi connectivity index (χ4v) is 2.77. The van der Waals surface area contributed by atoms with Gasteiger partial charge in [0.1, 0.15) is 0 Å². The Labute approximate surface area is 86.2 Å². The van der Waals surface area contributed by atoms with Crippen LogP contribution in [0, 0.1) is 11.8 Å². The van der Waals surface area contributed by atoms with Crippen LogP contribution in [0.25, 0.3) is 0 Å². The van der Waals surface area contributed by atoms with E-state index in [0.717, 1.165) is 11.8 Å². The van der Waals surface area contributed by atoms with Gasteiger partial charge in [-0.3, -0.25) is 0 Å². The molecule has 1 N–H and O–H groups in total. The predicted octanol–water partition coefficient (Wildman–Crippen LogP) is 2.78. The van der Waals surface area contributed by atoms with Gasteiger partial charge in [0.25, 0.3) is 0 Å². The third kappa shape index (κ3) is 2.85. The van der Waals surface area contributed by atoms with Crippen LogP contribution >= 0.6 is 11.6 Å². The lowest BCUT2D eigenvalue weighted by atomic mass is 9.85. The third-order valence-electron chi connectivity index (χ3n) is 3.57. The van der Waals surface area contributed by atoms with Gasteiger partial charge in [-0.25, -0.2) is 0 Å². The molecule has 0 heterocycles. The first-order chi connectivity index (χ1) is 6.34. The Morgan fingerprint density at radius 2 is 1.77 bits per heavy atom. The lowest BCUT2D eigenvalue weighted by Crippen LogP contribution is -2.30. The summed E-state index contributed by atoms with van der Waals surface area (Å²) in [5.41, 5.74) is 0. The molecular weight excluding hydrogens is 182 g/mol. The number of hydrogen-bond acceptors (Lipinski definition) is 1. The molecule has 76 valence electrons. The lowest BCUT2D eigenvalue weighted by Gasteiger charge is -2.26. The van der Waals surface area contributed by atoms with E-state index in [2.05, 4.69) is 5.32 Å². The van der Waals surface area contributed by atoms with Crippen molar-refractivity contribution < 1.29 is 0 Å². The van der Waals surface area contributed by atoms with Crippen LogP contribution in [0.15, 0.2) is 0 Å². The van der Waals surface area contributed by atoms with Crippen molar-refractivity contribution in [2.45, 2.75) is 43.9 Å². The highest BCUT2D eigenvalue weighted by Crippen LogP contribution is 2.29. The first-order valence-corrected chi connectivity index (χ1v) is 6.13.